The molecule has 1 N–H and O–H groups in total. The first-order valence-electron chi connectivity index (χ1n) is 11.0. The Hall–Kier alpha value is -3.52. The molecular weight excluding hydrogens is 436 g/mol. The van der Waals surface area contributed by atoms with Gasteiger partial charge in [0.15, 0.2) is 0 Å². The Morgan fingerprint density at radius 3 is 2.58 bits per heavy atom. The molecule has 4 heterocycles. The van der Waals surface area contributed by atoms with Crippen molar-refractivity contribution in [3.63, 3.8) is 0 Å². The van der Waals surface area contributed by atoms with Crippen LogP contribution in [-0.4, -0.2) is 39.9 Å². The van der Waals surface area contributed by atoms with Crippen molar-refractivity contribution in [3.05, 3.63) is 63.7 Å². The second-order valence-electron chi connectivity index (χ2n) is 8.36. The van der Waals surface area contributed by atoms with Crippen molar-refractivity contribution >= 4 is 39.9 Å². The maximum Gasteiger partial charge on any atom is 0.259 e. The number of nitrogens with zero attached hydrogens (tertiary/aromatic N) is 3. The number of fused-ring (bicyclic) bond motifs is 1. The number of anilines is 1. The highest BCUT2D eigenvalue weighted by Crippen LogP contribution is 2.32. The molecule has 7 nitrogen and oxygen atoms in total. The smallest absolute Gasteiger partial charge is 0.259 e. The summed E-state index contributed by atoms with van der Waals surface area (Å²) in [5.41, 5.74) is 3.85. The Kier molecular flexibility index (Phi) is 5.46. The van der Waals surface area contributed by atoms with Crippen molar-refractivity contribution in [1.29, 1.82) is 0 Å². The fourth-order valence-electron chi connectivity index (χ4n) is 4.26. The number of para-hydroxylation sites is 1. The number of carbonyl (C=O) groups is 2. The van der Waals surface area contributed by atoms with E-state index in [-0.39, 0.29) is 11.8 Å². The van der Waals surface area contributed by atoms with E-state index >= 15 is 0 Å². The number of nitrogens with one attached hydrogen (secondary N) is 1. The first-order chi connectivity index (χ1) is 15.9. The van der Waals surface area contributed by atoms with Crippen molar-refractivity contribution in [2.24, 2.45) is 0 Å². The van der Waals surface area contributed by atoms with Crippen LogP contribution in [0.5, 0.6) is 0 Å². The lowest BCUT2D eigenvalue weighted by molar-refractivity contribution is 0.0793. The van der Waals surface area contributed by atoms with Crippen LogP contribution in [0.15, 0.2) is 40.9 Å². The summed E-state index contributed by atoms with van der Waals surface area (Å²) >= 11 is 1.60. The van der Waals surface area contributed by atoms with Crippen molar-refractivity contribution in [1.82, 2.24) is 15.0 Å². The molecule has 168 valence electrons. The van der Waals surface area contributed by atoms with Crippen LogP contribution in [0.1, 0.15) is 49.7 Å². The summed E-state index contributed by atoms with van der Waals surface area (Å²) in [5.74, 6) is -0.379. The van der Waals surface area contributed by atoms with E-state index in [0.29, 0.717) is 39.3 Å². The van der Waals surface area contributed by atoms with Crippen LogP contribution in [0.25, 0.3) is 21.7 Å². The van der Waals surface area contributed by atoms with E-state index < -0.39 is 0 Å². The van der Waals surface area contributed by atoms with Crippen LogP contribution >= 0.6 is 11.3 Å². The molecule has 1 aliphatic rings. The van der Waals surface area contributed by atoms with Crippen LogP contribution in [-0.2, 0) is 0 Å². The molecule has 1 saturated heterocycles. The summed E-state index contributed by atoms with van der Waals surface area (Å²) < 4.78 is 5.41. The van der Waals surface area contributed by atoms with Crippen molar-refractivity contribution < 1.29 is 14.1 Å². The Morgan fingerprint density at radius 1 is 1.06 bits per heavy atom. The van der Waals surface area contributed by atoms with E-state index in [9.17, 15) is 9.59 Å². The average molecular weight is 461 g/mol. The van der Waals surface area contributed by atoms with Gasteiger partial charge in [-0.2, -0.15) is 0 Å². The van der Waals surface area contributed by atoms with Gasteiger partial charge < -0.3 is 14.7 Å². The molecular formula is C25H24N4O3S. The summed E-state index contributed by atoms with van der Waals surface area (Å²) in [4.78, 5) is 35.3. The Balaban J connectivity index is 1.56. The van der Waals surface area contributed by atoms with Gasteiger partial charge in [-0.3, -0.25) is 9.59 Å². The number of aromatic nitrogens is 2. The van der Waals surface area contributed by atoms with Gasteiger partial charge in [0.1, 0.15) is 0 Å². The number of thiophene rings is 1. The highest BCUT2D eigenvalue weighted by Gasteiger charge is 2.25. The fourth-order valence-corrected chi connectivity index (χ4v) is 5.08. The molecule has 8 heteroatoms. The number of rotatable bonds is 4. The predicted molar refractivity (Wildman–Crippen MR) is 129 cm³/mol. The lowest BCUT2D eigenvalue weighted by Crippen LogP contribution is -2.29. The minimum Gasteiger partial charge on any atom is -0.339 e. The molecule has 4 aromatic rings. The minimum absolute atomic E-state index is 0.0534. The molecule has 0 bridgehead atoms. The zero-order valence-corrected chi connectivity index (χ0v) is 19.6. The third-order valence-corrected chi connectivity index (χ3v) is 7.01. The summed E-state index contributed by atoms with van der Waals surface area (Å²) in [6.45, 7) is 7.19. The number of benzene rings is 1. The molecule has 1 aliphatic heterocycles. The lowest BCUT2D eigenvalue weighted by atomic mass is 10.0. The standard InChI is InChI=1S/C25H24N4O3S/c1-14-7-6-8-17(25(31)29-11-4-5-12-29)22(14)27-23(30)18-13-19(20-10-9-15(2)33-20)26-24-21(18)16(3)28-32-24/h6-10,13H,4-5,11-12H2,1-3H3,(H,27,30). The number of likely N-dealkylation sites (tertiary alicyclic amines) is 1. The van der Waals surface area contributed by atoms with Crippen molar-refractivity contribution in [3.8, 4) is 10.6 Å². The maximum absolute atomic E-state index is 13.6. The number of pyridine rings is 1. The molecule has 0 atom stereocenters. The van der Waals surface area contributed by atoms with Gasteiger partial charge in [-0.1, -0.05) is 17.3 Å². The van der Waals surface area contributed by atoms with Crippen LogP contribution < -0.4 is 5.32 Å². The van der Waals surface area contributed by atoms with Gasteiger partial charge >= 0.3 is 0 Å². The monoisotopic (exact) mass is 460 g/mol. The number of amides is 2. The van der Waals surface area contributed by atoms with Gasteiger partial charge in [-0.15, -0.1) is 11.3 Å². The number of carbonyl (C=O) groups excluding carboxylic acids is 2. The maximum atomic E-state index is 13.6. The molecule has 5 rings (SSSR count). The van der Waals surface area contributed by atoms with Crippen LogP contribution in [0.4, 0.5) is 5.69 Å². The normalized spacial score (nSPS) is 13.6. The summed E-state index contributed by atoms with van der Waals surface area (Å²) in [7, 11) is 0. The highest BCUT2D eigenvalue weighted by atomic mass is 32.1. The van der Waals surface area contributed by atoms with Gasteiger partial charge in [0.25, 0.3) is 17.5 Å². The fraction of sp³-hybridized carbons (Fsp3) is 0.280. The molecule has 1 aromatic carbocycles. The van der Waals surface area contributed by atoms with Crippen molar-refractivity contribution in [2.45, 2.75) is 33.6 Å². The molecule has 0 aliphatic carbocycles. The van der Waals surface area contributed by atoms with Gasteiger partial charge in [0.2, 0.25) is 0 Å². The van der Waals surface area contributed by atoms with Crippen molar-refractivity contribution in [2.75, 3.05) is 18.4 Å². The molecule has 33 heavy (non-hydrogen) atoms. The highest BCUT2D eigenvalue weighted by molar-refractivity contribution is 7.15. The number of hydrogen-bond donors (Lipinski definition) is 1. The zero-order chi connectivity index (χ0) is 23.1. The Bertz CT molecular complexity index is 1380. The van der Waals surface area contributed by atoms with Crippen LogP contribution in [0, 0.1) is 20.8 Å². The van der Waals surface area contributed by atoms with E-state index in [1.165, 1.54) is 0 Å². The molecule has 0 spiro atoms. The van der Waals surface area contributed by atoms with Gasteiger partial charge in [0.05, 0.1) is 38.5 Å². The van der Waals surface area contributed by atoms with E-state index in [0.717, 1.165) is 41.2 Å². The third kappa shape index (κ3) is 3.91. The number of aryl methyl sites for hydroxylation is 3. The first kappa shape index (κ1) is 21.3. The van der Waals surface area contributed by atoms with E-state index in [4.69, 9.17) is 4.52 Å². The molecule has 0 saturated carbocycles. The van der Waals surface area contributed by atoms with Gasteiger partial charge in [-0.25, -0.2) is 4.98 Å². The topological polar surface area (TPSA) is 88.3 Å². The second kappa shape index (κ2) is 8.44. The number of hydrogen-bond acceptors (Lipinski definition) is 6. The summed E-state index contributed by atoms with van der Waals surface area (Å²) in [6.07, 6.45) is 2.01. The average Bonchev–Trinajstić information content (AvgIpc) is 3.56. The van der Waals surface area contributed by atoms with Crippen LogP contribution in [0.2, 0.25) is 0 Å². The summed E-state index contributed by atoms with van der Waals surface area (Å²) in [6, 6.07) is 11.3. The molecule has 1 fully saturated rings. The van der Waals surface area contributed by atoms with Crippen LogP contribution in [0.3, 0.4) is 0 Å². The molecule has 2 amide bonds. The molecule has 3 aromatic heterocycles. The largest absolute Gasteiger partial charge is 0.339 e. The third-order valence-electron chi connectivity index (χ3n) is 5.99. The summed E-state index contributed by atoms with van der Waals surface area (Å²) in [5, 5.41) is 7.61. The quantitative estimate of drug-likeness (QED) is 0.443. The SMILES string of the molecule is Cc1ccc(-c2cc(C(=O)Nc3c(C)cccc3C(=O)N3CCCC3)c3c(C)noc3n2)s1. The van der Waals surface area contributed by atoms with Gasteiger partial charge in [0, 0.05) is 18.0 Å². The van der Waals surface area contributed by atoms with E-state index in [1.807, 2.05) is 43.0 Å². The minimum atomic E-state index is -0.326. The van der Waals surface area contributed by atoms with E-state index in [1.54, 1.807) is 30.4 Å². The van der Waals surface area contributed by atoms with Gasteiger partial charge in [-0.05, 0) is 63.4 Å². The molecule has 0 unspecified atom stereocenters. The lowest BCUT2D eigenvalue weighted by Gasteiger charge is -2.19. The zero-order valence-electron chi connectivity index (χ0n) is 18.8. The second-order valence-corrected chi connectivity index (χ2v) is 9.65. The molecule has 0 radical (unpaired) electrons. The Labute approximate surface area is 195 Å². The Morgan fingerprint density at radius 2 is 1.85 bits per heavy atom. The predicted octanol–water partition coefficient (Wildman–Crippen LogP) is 5.36. The first-order valence-corrected chi connectivity index (χ1v) is 11.8. The van der Waals surface area contributed by atoms with E-state index in [2.05, 4.69) is 15.5 Å².